The van der Waals surface area contributed by atoms with E-state index in [1.165, 1.54) is 5.56 Å². The summed E-state index contributed by atoms with van der Waals surface area (Å²) in [7, 11) is 0. The van der Waals surface area contributed by atoms with Crippen molar-refractivity contribution in [2.24, 2.45) is 0 Å². The van der Waals surface area contributed by atoms with Gasteiger partial charge in [0.1, 0.15) is 0 Å². The van der Waals surface area contributed by atoms with E-state index >= 15 is 0 Å². The Balaban J connectivity index is 2.58. The second kappa shape index (κ2) is 4.72. The normalized spacial score (nSPS) is 11.0. The summed E-state index contributed by atoms with van der Waals surface area (Å²) in [6, 6.07) is 6.10. The maximum atomic E-state index is 11.6. The molecule has 0 aliphatic carbocycles. The number of aryl methyl sites for hydroxylation is 2. The molecule has 0 bridgehead atoms. The van der Waals surface area contributed by atoms with Crippen LogP contribution in [0, 0.1) is 6.92 Å². The van der Waals surface area contributed by atoms with E-state index in [0.29, 0.717) is 6.42 Å². The molecule has 1 aromatic carbocycles. The fourth-order valence-electron chi connectivity index (χ4n) is 2.11. The second-order valence-corrected chi connectivity index (χ2v) is 4.39. The van der Waals surface area contributed by atoms with E-state index in [1.54, 1.807) is 6.92 Å². The van der Waals surface area contributed by atoms with E-state index < -0.39 is 0 Å². The van der Waals surface area contributed by atoms with E-state index in [1.807, 2.05) is 25.3 Å². The van der Waals surface area contributed by atoms with Gasteiger partial charge in [-0.1, -0.05) is 12.1 Å². The third kappa shape index (κ3) is 2.24. The first-order valence-electron chi connectivity index (χ1n) is 5.85. The number of hydrogen-bond donors (Lipinski definition) is 1. The molecule has 0 saturated heterocycles. The molecule has 0 fully saturated rings. The van der Waals surface area contributed by atoms with Gasteiger partial charge in [0.25, 0.3) is 0 Å². The summed E-state index contributed by atoms with van der Waals surface area (Å²) in [5.41, 5.74) is 3.01. The highest BCUT2D eigenvalue weighted by atomic mass is 16.3. The zero-order chi connectivity index (χ0) is 12.4. The Bertz CT molecular complexity index is 555. The lowest BCUT2D eigenvalue weighted by molar-refractivity contribution is 0.101. The molecule has 0 saturated carbocycles. The summed E-state index contributed by atoms with van der Waals surface area (Å²) < 4.78 is 2.05. The van der Waals surface area contributed by atoms with Gasteiger partial charge in [0.15, 0.2) is 5.78 Å². The molecule has 2 aromatic rings. The smallest absolute Gasteiger partial charge is 0.161 e. The number of aliphatic hydroxyl groups is 1. The molecule has 1 heterocycles. The van der Waals surface area contributed by atoms with Crippen LogP contribution >= 0.6 is 0 Å². The van der Waals surface area contributed by atoms with Gasteiger partial charge in [-0.05, 0) is 31.9 Å². The number of benzene rings is 1. The summed E-state index contributed by atoms with van der Waals surface area (Å²) in [6.07, 6.45) is 2.59. The minimum atomic E-state index is 0.0848. The Kier molecular flexibility index (Phi) is 3.29. The lowest BCUT2D eigenvalue weighted by Crippen LogP contribution is -1.98. The molecule has 0 aliphatic heterocycles. The van der Waals surface area contributed by atoms with Crippen molar-refractivity contribution in [3.05, 3.63) is 35.5 Å². The largest absolute Gasteiger partial charge is 0.396 e. The minimum absolute atomic E-state index is 0.0848. The number of carbonyl (C=O) groups excluding carboxylic acids is 1. The number of fused-ring (bicyclic) bond motifs is 1. The average molecular weight is 231 g/mol. The van der Waals surface area contributed by atoms with Gasteiger partial charge < -0.3 is 9.67 Å². The van der Waals surface area contributed by atoms with Crippen LogP contribution in [0.2, 0.25) is 0 Å². The molecular weight excluding hydrogens is 214 g/mol. The first kappa shape index (κ1) is 11.9. The molecule has 0 aliphatic rings. The van der Waals surface area contributed by atoms with Gasteiger partial charge >= 0.3 is 0 Å². The number of aliphatic hydroxyl groups excluding tert-OH is 1. The van der Waals surface area contributed by atoms with E-state index in [0.717, 1.165) is 23.0 Å². The van der Waals surface area contributed by atoms with Crippen molar-refractivity contribution < 1.29 is 9.90 Å². The average Bonchev–Trinajstić information content (AvgIpc) is 2.64. The van der Waals surface area contributed by atoms with E-state index in [2.05, 4.69) is 10.6 Å². The SMILES string of the molecule is CC(=O)c1cn(CCCO)c2cc(C)ccc12. The summed E-state index contributed by atoms with van der Waals surface area (Å²) in [4.78, 5) is 11.6. The minimum Gasteiger partial charge on any atom is -0.396 e. The Labute approximate surface area is 101 Å². The van der Waals surface area contributed by atoms with Crippen LogP contribution in [-0.2, 0) is 6.54 Å². The van der Waals surface area contributed by atoms with Crippen molar-refractivity contribution in [2.75, 3.05) is 6.61 Å². The molecule has 17 heavy (non-hydrogen) atoms. The molecule has 0 spiro atoms. The van der Waals surface area contributed by atoms with Gasteiger partial charge in [-0.3, -0.25) is 4.79 Å². The molecule has 0 amide bonds. The van der Waals surface area contributed by atoms with Gasteiger partial charge in [-0.25, -0.2) is 0 Å². The lowest BCUT2D eigenvalue weighted by Gasteiger charge is -2.03. The molecule has 0 unspecified atom stereocenters. The van der Waals surface area contributed by atoms with Crippen molar-refractivity contribution in [1.29, 1.82) is 0 Å². The van der Waals surface area contributed by atoms with Crippen LogP contribution in [0.4, 0.5) is 0 Å². The second-order valence-electron chi connectivity index (χ2n) is 4.39. The number of ketones is 1. The summed E-state index contributed by atoms with van der Waals surface area (Å²) in [5, 5.41) is 9.89. The molecule has 3 nitrogen and oxygen atoms in total. The van der Waals surface area contributed by atoms with E-state index in [9.17, 15) is 4.79 Å². The third-order valence-electron chi connectivity index (χ3n) is 2.97. The molecule has 2 rings (SSSR count). The van der Waals surface area contributed by atoms with Crippen molar-refractivity contribution in [3.8, 4) is 0 Å². The zero-order valence-corrected chi connectivity index (χ0v) is 10.2. The highest BCUT2D eigenvalue weighted by Gasteiger charge is 2.11. The number of nitrogens with zero attached hydrogens (tertiary/aromatic N) is 1. The van der Waals surface area contributed by atoms with Crippen LogP contribution in [0.15, 0.2) is 24.4 Å². The first-order chi connectivity index (χ1) is 8.13. The molecule has 1 aromatic heterocycles. The number of rotatable bonds is 4. The van der Waals surface area contributed by atoms with Crippen molar-refractivity contribution in [1.82, 2.24) is 4.57 Å². The van der Waals surface area contributed by atoms with Crippen LogP contribution in [-0.4, -0.2) is 22.1 Å². The summed E-state index contributed by atoms with van der Waals surface area (Å²) in [5.74, 6) is 0.0848. The fourth-order valence-corrected chi connectivity index (χ4v) is 2.11. The molecule has 0 radical (unpaired) electrons. The number of hydrogen-bond acceptors (Lipinski definition) is 2. The first-order valence-corrected chi connectivity index (χ1v) is 5.85. The van der Waals surface area contributed by atoms with Crippen molar-refractivity contribution in [2.45, 2.75) is 26.8 Å². The van der Waals surface area contributed by atoms with E-state index in [-0.39, 0.29) is 12.4 Å². The van der Waals surface area contributed by atoms with Gasteiger partial charge in [-0.2, -0.15) is 0 Å². The summed E-state index contributed by atoms with van der Waals surface area (Å²) in [6.45, 7) is 4.53. The standard InChI is InChI=1S/C14H17NO2/c1-10-4-5-12-13(11(2)17)9-15(6-3-7-16)14(12)8-10/h4-5,8-9,16H,3,6-7H2,1-2H3. The molecule has 3 heteroatoms. The highest BCUT2D eigenvalue weighted by Crippen LogP contribution is 2.23. The number of Topliss-reactive ketones (excluding diaryl/α,β-unsaturated/α-hetero) is 1. The fraction of sp³-hybridized carbons (Fsp3) is 0.357. The van der Waals surface area contributed by atoms with Crippen LogP contribution in [0.3, 0.4) is 0 Å². The van der Waals surface area contributed by atoms with Gasteiger partial charge in [0.05, 0.1) is 0 Å². The molecule has 90 valence electrons. The van der Waals surface area contributed by atoms with Crippen LogP contribution in [0.25, 0.3) is 10.9 Å². The van der Waals surface area contributed by atoms with Gasteiger partial charge in [0, 0.05) is 35.8 Å². The Hall–Kier alpha value is -1.61. The van der Waals surface area contributed by atoms with Crippen molar-refractivity contribution >= 4 is 16.7 Å². The maximum absolute atomic E-state index is 11.6. The Morgan fingerprint density at radius 2 is 2.18 bits per heavy atom. The molecule has 1 N–H and O–H groups in total. The highest BCUT2D eigenvalue weighted by molar-refractivity contribution is 6.07. The third-order valence-corrected chi connectivity index (χ3v) is 2.97. The maximum Gasteiger partial charge on any atom is 0.161 e. The Morgan fingerprint density at radius 1 is 1.41 bits per heavy atom. The quantitative estimate of drug-likeness (QED) is 0.822. The zero-order valence-electron chi connectivity index (χ0n) is 10.2. The molecular formula is C14H17NO2. The topological polar surface area (TPSA) is 42.2 Å². The van der Waals surface area contributed by atoms with Crippen LogP contribution < -0.4 is 0 Å². The van der Waals surface area contributed by atoms with Crippen molar-refractivity contribution in [3.63, 3.8) is 0 Å². The predicted molar refractivity (Wildman–Crippen MR) is 68.4 cm³/mol. The van der Waals surface area contributed by atoms with Gasteiger partial charge in [-0.15, -0.1) is 0 Å². The molecule has 0 atom stereocenters. The summed E-state index contributed by atoms with van der Waals surface area (Å²) >= 11 is 0. The van der Waals surface area contributed by atoms with E-state index in [4.69, 9.17) is 5.11 Å². The Morgan fingerprint density at radius 3 is 2.82 bits per heavy atom. The van der Waals surface area contributed by atoms with Gasteiger partial charge in [0.2, 0.25) is 0 Å². The number of carbonyl (C=O) groups is 1. The number of aromatic nitrogens is 1. The lowest BCUT2D eigenvalue weighted by atomic mass is 10.1. The van der Waals surface area contributed by atoms with Crippen LogP contribution in [0.5, 0.6) is 0 Å². The van der Waals surface area contributed by atoms with Crippen LogP contribution in [0.1, 0.15) is 29.3 Å². The monoisotopic (exact) mass is 231 g/mol. The predicted octanol–water partition coefficient (Wildman–Crippen LogP) is 2.53.